The van der Waals surface area contributed by atoms with E-state index in [9.17, 15) is 19.5 Å². The number of urea groups is 1. The van der Waals surface area contributed by atoms with Gasteiger partial charge >= 0.3 is 6.03 Å². The Morgan fingerprint density at radius 1 is 0.895 bits per heavy atom. The van der Waals surface area contributed by atoms with Crippen LogP contribution in [0.4, 0.5) is 27.8 Å². The summed E-state index contributed by atoms with van der Waals surface area (Å²) < 4.78 is 3.18. The van der Waals surface area contributed by atoms with Gasteiger partial charge in [-0.15, -0.1) is 6.58 Å². The molecule has 3 fully saturated rings. The van der Waals surface area contributed by atoms with E-state index in [4.69, 9.17) is 4.98 Å². The predicted octanol–water partition coefficient (Wildman–Crippen LogP) is 5.68. The molecule has 0 saturated carbocycles. The number of aliphatic hydroxyl groups is 1. The summed E-state index contributed by atoms with van der Waals surface area (Å²) in [5.74, 6) is 1.79. The fourth-order valence-corrected chi connectivity index (χ4v) is 8.30. The molecule has 0 radical (unpaired) electrons. The van der Waals surface area contributed by atoms with Crippen molar-refractivity contribution in [2.45, 2.75) is 64.0 Å². The minimum atomic E-state index is -1.16. The number of imide groups is 1. The number of rotatable bonds is 11. The monoisotopic (exact) mass is 770 g/mol. The molecule has 3 aliphatic heterocycles. The van der Waals surface area contributed by atoms with E-state index in [-0.39, 0.29) is 24.0 Å². The van der Waals surface area contributed by atoms with Crippen molar-refractivity contribution >= 4 is 46.0 Å². The number of likely N-dealkylation sites (tertiary alicyclic amines) is 1. The van der Waals surface area contributed by atoms with Crippen LogP contribution in [0.2, 0.25) is 0 Å². The first-order chi connectivity index (χ1) is 27.5. The number of carbonyl (C=O) groups excluding carboxylic acids is 2. The first-order valence-corrected chi connectivity index (χ1v) is 19.9. The lowest BCUT2D eigenvalue weighted by Gasteiger charge is -2.38. The van der Waals surface area contributed by atoms with Gasteiger partial charge in [0.15, 0.2) is 11.5 Å². The van der Waals surface area contributed by atoms with Gasteiger partial charge in [-0.1, -0.05) is 24.3 Å². The van der Waals surface area contributed by atoms with Crippen molar-refractivity contribution in [1.29, 1.82) is 0 Å². The van der Waals surface area contributed by atoms with E-state index < -0.39 is 5.60 Å². The van der Waals surface area contributed by atoms with Crippen molar-refractivity contribution < 1.29 is 14.7 Å². The van der Waals surface area contributed by atoms with Crippen LogP contribution in [0.15, 0.2) is 90.4 Å². The molecule has 6 heterocycles. The SMILES string of the molecule is C=CCn1c(=O)c2cnc(Nc3ccc(C4CCN(CC5CCN(c6ccc(N7CCC(=O)NC7=O)cc6)CC5)CC4)cc3)nc2n1-c1cccc(C(C)(C)O)n1. The van der Waals surface area contributed by atoms with Crippen LogP contribution in [-0.2, 0) is 16.9 Å². The third kappa shape index (κ3) is 8.19. The van der Waals surface area contributed by atoms with E-state index in [2.05, 4.69) is 73.4 Å². The van der Waals surface area contributed by atoms with Crippen LogP contribution in [0.5, 0.6) is 0 Å². The number of amides is 3. The molecular formula is C43H50N10O4. The number of pyridine rings is 1. The summed E-state index contributed by atoms with van der Waals surface area (Å²) in [6, 6.07) is 21.6. The largest absolute Gasteiger partial charge is 0.384 e. The molecule has 3 saturated heterocycles. The normalized spacial score (nSPS) is 17.6. The van der Waals surface area contributed by atoms with Gasteiger partial charge < -0.3 is 20.2 Å². The summed E-state index contributed by atoms with van der Waals surface area (Å²) in [6.07, 6.45) is 8.09. The van der Waals surface area contributed by atoms with E-state index >= 15 is 0 Å². The van der Waals surface area contributed by atoms with E-state index in [0.29, 0.717) is 53.3 Å². The first kappa shape index (κ1) is 38.0. The molecule has 296 valence electrons. The van der Waals surface area contributed by atoms with E-state index in [1.165, 1.54) is 15.9 Å². The van der Waals surface area contributed by atoms with Gasteiger partial charge in [-0.3, -0.25) is 19.8 Å². The number of benzene rings is 2. The number of hydrogen-bond donors (Lipinski definition) is 3. The molecule has 0 atom stereocenters. The highest BCUT2D eigenvalue weighted by atomic mass is 16.3. The Balaban J connectivity index is 0.845. The van der Waals surface area contributed by atoms with Crippen LogP contribution in [0.25, 0.3) is 16.9 Å². The number of hydrogen-bond acceptors (Lipinski definition) is 10. The maximum atomic E-state index is 13.4. The number of aromatic nitrogens is 5. The average Bonchev–Trinajstić information content (AvgIpc) is 3.48. The van der Waals surface area contributed by atoms with Crippen LogP contribution in [0, 0.1) is 5.92 Å². The molecule has 3 aromatic heterocycles. The molecule has 3 aliphatic rings. The highest BCUT2D eigenvalue weighted by molar-refractivity contribution is 6.05. The van der Waals surface area contributed by atoms with Crippen molar-refractivity contribution in [1.82, 2.24) is 34.5 Å². The van der Waals surface area contributed by atoms with Crippen molar-refractivity contribution in [2.24, 2.45) is 5.92 Å². The molecule has 0 bridgehead atoms. The van der Waals surface area contributed by atoms with Crippen molar-refractivity contribution in [2.75, 3.05) is 54.4 Å². The van der Waals surface area contributed by atoms with Gasteiger partial charge in [0.05, 0.1) is 12.2 Å². The summed E-state index contributed by atoms with van der Waals surface area (Å²) in [4.78, 5) is 57.7. The molecule has 14 heteroatoms. The van der Waals surface area contributed by atoms with Crippen molar-refractivity contribution in [3.8, 4) is 5.82 Å². The number of carbonyl (C=O) groups is 2. The lowest BCUT2D eigenvalue weighted by Crippen LogP contribution is -2.49. The first-order valence-electron chi connectivity index (χ1n) is 19.9. The van der Waals surface area contributed by atoms with Gasteiger partial charge in [-0.05, 0) is 119 Å². The summed E-state index contributed by atoms with van der Waals surface area (Å²) in [5.41, 5.74) is 3.64. The number of nitrogens with zero attached hydrogens (tertiary/aromatic N) is 8. The fourth-order valence-electron chi connectivity index (χ4n) is 8.30. The topological polar surface area (TPSA) is 154 Å². The zero-order valence-electron chi connectivity index (χ0n) is 32.6. The van der Waals surface area contributed by atoms with Gasteiger partial charge in [-0.25, -0.2) is 24.1 Å². The third-order valence-corrected chi connectivity index (χ3v) is 11.5. The number of piperidine rings is 2. The molecule has 2 aromatic carbocycles. The minimum Gasteiger partial charge on any atom is -0.384 e. The number of anilines is 4. The van der Waals surface area contributed by atoms with Crippen LogP contribution < -0.4 is 26.0 Å². The predicted molar refractivity (Wildman–Crippen MR) is 221 cm³/mol. The van der Waals surface area contributed by atoms with Gasteiger partial charge in [0.25, 0.3) is 5.56 Å². The van der Waals surface area contributed by atoms with Gasteiger partial charge in [0.2, 0.25) is 11.9 Å². The zero-order valence-corrected chi connectivity index (χ0v) is 32.6. The van der Waals surface area contributed by atoms with Crippen LogP contribution >= 0.6 is 0 Å². The Hall–Kier alpha value is -5.86. The quantitative estimate of drug-likeness (QED) is 0.143. The Labute approximate surface area is 331 Å². The van der Waals surface area contributed by atoms with Crippen molar-refractivity contribution in [3.63, 3.8) is 0 Å². The maximum absolute atomic E-state index is 13.4. The van der Waals surface area contributed by atoms with Crippen molar-refractivity contribution in [3.05, 3.63) is 107 Å². The standard InChI is InChI=1S/C43H50N10O4/c1-4-21-52-40(55)35-27-44-41(48-39(35)53(52)37-7-5-6-36(46-37)43(2,3)57)45-32-10-8-30(9-11-32)31-18-22-49(23-19-31)28-29-16-24-50(25-17-29)33-12-14-34(15-13-33)51-26-20-38(54)47-42(51)56/h4-15,27,29,31,57H,1,16-26,28H2,2-3H3,(H,44,45,48)(H,47,54,56). The summed E-state index contributed by atoms with van der Waals surface area (Å²) in [7, 11) is 0. The molecular weight excluding hydrogens is 721 g/mol. The molecule has 0 spiro atoms. The third-order valence-electron chi connectivity index (χ3n) is 11.5. The number of fused-ring (bicyclic) bond motifs is 1. The second-order valence-electron chi connectivity index (χ2n) is 15.9. The second-order valence-corrected chi connectivity index (χ2v) is 15.9. The minimum absolute atomic E-state index is 0.221. The Morgan fingerprint density at radius 2 is 1.61 bits per heavy atom. The fraction of sp³-hybridized carbons (Fsp3) is 0.395. The van der Waals surface area contributed by atoms with E-state index in [0.717, 1.165) is 69.8 Å². The molecule has 14 nitrogen and oxygen atoms in total. The molecule has 3 N–H and O–H groups in total. The molecule has 0 aliphatic carbocycles. The lowest BCUT2D eigenvalue weighted by molar-refractivity contribution is -0.120. The molecule has 8 rings (SSSR count). The van der Waals surface area contributed by atoms with Crippen LogP contribution in [0.1, 0.15) is 63.1 Å². The lowest BCUT2D eigenvalue weighted by atomic mass is 9.88. The van der Waals surface area contributed by atoms with E-state index in [1.807, 2.05) is 12.1 Å². The maximum Gasteiger partial charge on any atom is 0.328 e. The Kier molecular flexibility index (Phi) is 10.6. The van der Waals surface area contributed by atoms with Gasteiger partial charge in [0.1, 0.15) is 11.0 Å². The van der Waals surface area contributed by atoms with Crippen LogP contribution in [-0.4, -0.2) is 85.5 Å². The molecule has 57 heavy (non-hydrogen) atoms. The second kappa shape index (κ2) is 15.9. The molecule has 5 aromatic rings. The summed E-state index contributed by atoms with van der Waals surface area (Å²) in [5, 5.41) is 16.7. The molecule has 3 amide bonds. The zero-order chi connectivity index (χ0) is 39.7. The van der Waals surface area contributed by atoms with Crippen LogP contribution in [0.3, 0.4) is 0 Å². The van der Waals surface area contributed by atoms with Gasteiger partial charge in [0, 0.05) is 55.9 Å². The highest BCUT2D eigenvalue weighted by Crippen LogP contribution is 2.32. The van der Waals surface area contributed by atoms with E-state index in [1.54, 1.807) is 53.9 Å². The Morgan fingerprint density at radius 3 is 2.30 bits per heavy atom. The highest BCUT2D eigenvalue weighted by Gasteiger charge is 2.28. The number of allylic oxidation sites excluding steroid dienone is 1. The summed E-state index contributed by atoms with van der Waals surface area (Å²) in [6.45, 7) is 13.2. The Bertz CT molecular complexity index is 2310. The van der Waals surface area contributed by atoms with Gasteiger partial charge in [-0.2, -0.15) is 4.98 Å². The average molecular weight is 771 g/mol. The summed E-state index contributed by atoms with van der Waals surface area (Å²) >= 11 is 0. The smallest absolute Gasteiger partial charge is 0.328 e. The molecule has 0 unspecified atom stereocenters. The number of nitrogens with one attached hydrogen (secondary N) is 2.